The summed E-state index contributed by atoms with van der Waals surface area (Å²) in [4.78, 5) is 16.9. The fourth-order valence-corrected chi connectivity index (χ4v) is 3.70. The van der Waals surface area contributed by atoms with Crippen molar-refractivity contribution in [2.24, 2.45) is 0 Å². The number of nitrogens with one attached hydrogen (secondary N) is 1. The predicted octanol–water partition coefficient (Wildman–Crippen LogP) is 4.94. The van der Waals surface area contributed by atoms with E-state index in [1.165, 1.54) is 10.8 Å². The van der Waals surface area contributed by atoms with Gasteiger partial charge in [-0.1, -0.05) is 42.5 Å². The van der Waals surface area contributed by atoms with Crippen molar-refractivity contribution in [1.29, 1.82) is 0 Å². The van der Waals surface area contributed by atoms with Crippen molar-refractivity contribution in [3.63, 3.8) is 0 Å². The molecule has 1 unspecified atom stereocenters. The molecule has 1 aromatic heterocycles. The zero-order chi connectivity index (χ0) is 16.5. The van der Waals surface area contributed by atoms with Crippen LogP contribution >= 0.6 is 11.3 Å². The van der Waals surface area contributed by atoms with Crippen molar-refractivity contribution in [1.82, 2.24) is 10.3 Å². The van der Waals surface area contributed by atoms with Gasteiger partial charge in [-0.2, -0.15) is 0 Å². The largest absolute Gasteiger partial charge is 0.345 e. The van der Waals surface area contributed by atoms with E-state index in [4.69, 9.17) is 0 Å². The van der Waals surface area contributed by atoms with Crippen molar-refractivity contribution < 1.29 is 4.79 Å². The fraction of sp³-hybridized carbons (Fsp3) is 0.100. The van der Waals surface area contributed by atoms with E-state index in [1.54, 1.807) is 16.8 Å². The Balaban J connectivity index is 1.62. The summed E-state index contributed by atoms with van der Waals surface area (Å²) < 4.78 is 1.03. The maximum Gasteiger partial charge on any atom is 0.251 e. The van der Waals surface area contributed by atoms with Crippen LogP contribution in [0.4, 0.5) is 0 Å². The van der Waals surface area contributed by atoms with Crippen molar-refractivity contribution in [3.05, 3.63) is 77.3 Å². The molecule has 0 aliphatic rings. The molecule has 1 atom stereocenters. The molecule has 0 saturated carbocycles. The van der Waals surface area contributed by atoms with Crippen LogP contribution in [0.15, 0.2) is 66.2 Å². The van der Waals surface area contributed by atoms with Gasteiger partial charge in [-0.15, -0.1) is 11.3 Å². The molecule has 24 heavy (non-hydrogen) atoms. The van der Waals surface area contributed by atoms with Gasteiger partial charge in [0, 0.05) is 5.56 Å². The van der Waals surface area contributed by atoms with Crippen molar-refractivity contribution in [3.8, 4) is 0 Å². The number of nitrogens with zero attached hydrogens (tertiary/aromatic N) is 1. The SMILES string of the molecule is CC(NC(=O)c1ccc2ncsc2c1)c1cccc2ccccc12. The summed E-state index contributed by atoms with van der Waals surface area (Å²) in [6, 6.07) is 20.0. The molecule has 1 amide bonds. The van der Waals surface area contributed by atoms with Gasteiger partial charge in [0.1, 0.15) is 0 Å². The number of thiazole rings is 1. The second-order valence-electron chi connectivity index (χ2n) is 5.80. The summed E-state index contributed by atoms with van der Waals surface area (Å²) in [5.41, 5.74) is 4.52. The van der Waals surface area contributed by atoms with E-state index >= 15 is 0 Å². The molecule has 4 heteroatoms. The van der Waals surface area contributed by atoms with E-state index in [9.17, 15) is 4.79 Å². The van der Waals surface area contributed by atoms with Crippen LogP contribution < -0.4 is 5.32 Å². The van der Waals surface area contributed by atoms with Gasteiger partial charge in [-0.05, 0) is 41.5 Å². The van der Waals surface area contributed by atoms with Gasteiger partial charge in [0.2, 0.25) is 0 Å². The second kappa shape index (κ2) is 6.06. The molecule has 4 aromatic rings. The summed E-state index contributed by atoms with van der Waals surface area (Å²) in [7, 11) is 0. The zero-order valence-corrected chi connectivity index (χ0v) is 14.0. The van der Waals surface area contributed by atoms with Crippen molar-refractivity contribution in [2.75, 3.05) is 0 Å². The summed E-state index contributed by atoms with van der Waals surface area (Å²) in [5.74, 6) is -0.0641. The molecule has 0 saturated heterocycles. The van der Waals surface area contributed by atoms with Gasteiger partial charge < -0.3 is 5.32 Å². The Hall–Kier alpha value is -2.72. The van der Waals surface area contributed by atoms with E-state index < -0.39 is 0 Å². The van der Waals surface area contributed by atoms with E-state index in [-0.39, 0.29) is 11.9 Å². The number of rotatable bonds is 3. The zero-order valence-electron chi connectivity index (χ0n) is 13.2. The molecule has 4 rings (SSSR count). The number of carbonyl (C=O) groups is 1. The third-order valence-corrected chi connectivity index (χ3v) is 5.02. The molecule has 0 aliphatic carbocycles. The maximum absolute atomic E-state index is 12.6. The van der Waals surface area contributed by atoms with Crippen LogP contribution in [0.2, 0.25) is 0 Å². The van der Waals surface area contributed by atoms with Gasteiger partial charge in [0.25, 0.3) is 5.91 Å². The minimum atomic E-state index is -0.0687. The van der Waals surface area contributed by atoms with E-state index in [0.29, 0.717) is 5.56 Å². The molecule has 0 fully saturated rings. The topological polar surface area (TPSA) is 42.0 Å². The first-order chi connectivity index (χ1) is 11.7. The average molecular weight is 332 g/mol. The first kappa shape index (κ1) is 14.8. The standard InChI is InChI=1S/C20H16N2OS/c1-13(16-8-4-6-14-5-2-3-7-17(14)16)22-20(23)15-9-10-18-19(11-15)24-12-21-18/h2-13H,1H3,(H,22,23). The smallest absolute Gasteiger partial charge is 0.251 e. The van der Waals surface area contributed by atoms with Crippen LogP contribution in [0.1, 0.15) is 28.9 Å². The third kappa shape index (κ3) is 2.65. The first-order valence-electron chi connectivity index (χ1n) is 7.84. The van der Waals surface area contributed by atoms with E-state index in [2.05, 4.69) is 34.6 Å². The summed E-state index contributed by atoms with van der Waals surface area (Å²) in [6.45, 7) is 2.02. The number of hydrogen-bond acceptors (Lipinski definition) is 3. The maximum atomic E-state index is 12.6. The van der Waals surface area contributed by atoms with E-state index in [1.807, 2.05) is 43.3 Å². The van der Waals surface area contributed by atoms with Gasteiger partial charge in [0.05, 0.1) is 21.8 Å². The van der Waals surface area contributed by atoms with Crippen LogP contribution in [-0.2, 0) is 0 Å². The number of amides is 1. The monoisotopic (exact) mass is 332 g/mol. The van der Waals surface area contributed by atoms with Gasteiger partial charge in [-0.25, -0.2) is 4.98 Å². The lowest BCUT2D eigenvalue weighted by Gasteiger charge is -2.16. The summed E-state index contributed by atoms with van der Waals surface area (Å²) >= 11 is 1.54. The molecule has 1 heterocycles. The van der Waals surface area contributed by atoms with Crippen LogP contribution in [0, 0.1) is 0 Å². The lowest BCUT2D eigenvalue weighted by atomic mass is 9.99. The first-order valence-corrected chi connectivity index (χ1v) is 8.72. The Labute approximate surface area is 144 Å². The number of aromatic nitrogens is 1. The molecule has 0 radical (unpaired) electrons. The Morgan fingerprint density at radius 2 is 1.92 bits per heavy atom. The number of benzene rings is 3. The third-order valence-electron chi connectivity index (χ3n) is 4.23. The molecule has 3 aromatic carbocycles. The summed E-state index contributed by atoms with van der Waals surface area (Å²) in [5, 5.41) is 5.46. The molecule has 118 valence electrons. The predicted molar refractivity (Wildman–Crippen MR) is 99.4 cm³/mol. The van der Waals surface area contributed by atoms with Gasteiger partial charge in [-0.3, -0.25) is 4.79 Å². The van der Waals surface area contributed by atoms with Crippen molar-refractivity contribution >= 4 is 38.2 Å². The van der Waals surface area contributed by atoms with E-state index in [0.717, 1.165) is 15.8 Å². The number of fused-ring (bicyclic) bond motifs is 2. The highest BCUT2D eigenvalue weighted by molar-refractivity contribution is 7.16. The second-order valence-corrected chi connectivity index (χ2v) is 6.68. The Morgan fingerprint density at radius 3 is 2.83 bits per heavy atom. The molecular weight excluding hydrogens is 316 g/mol. The average Bonchev–Trinajstić information content (AvgIpc) is 3.08. The van der Waals surface area contributed by atoms with Gasteiger partial charge >= 0.3 is 0 Å². The summed E-state index contributed by atoms with van der Waals surface area (Å²) in [6.07, 6.45) is 0. The molecule has 0 aliphatic heterocycles. The van der Waals surface area contributed by atoms with Crippen molar-refractivity contribution in [2.45, 2.75) is 13.0 Å². The minimum absolute atomic E-state index is 0.0641. The molecule has 0 spiro atoms. The minimum Gasteiger partial charge on any atom is -0.345 e. The van der Waals surface area contributed by atoms with Crippen LogP contribution in [0.25, 0.3) is 21.0 Å². The molecule has 3 nitrogen and oxygen atoms in total. The molecule has 1 N–H and O–H groups in total. The Bertz CT molecular complexity index is 1030. The number of carbonyl (C=O) groups excluding carboxylic acids is 1. The normalized spacial score (nSPS) is 12.4. The highest BCUT2D eigenvalue weighted by atomic mass is 32.1. The molecular formula is C20H16N2OS. The Kier molecular flexibility index (Phi) is 3.75. The lowest BCUT2D eigenvalue weighted by Crippen LogP contribution is -2.26. The lowest BCUT2D eigenvalue weighted by molar-refractivity contribution is 0.0940. The van der Waals surface area contributed by atoms with Crippen LogP contribution in [0.5, 0.6) is 0 Å². The fourth-order valence-electron chi connectivity index (χ4n) is 2.98. The van der Waals surface area contributed by atoms with Crippen LogP contribution in [0.3, 0.4) is 0 Å². The van der Waals surface area contributed by atoms with Crippen LogP contribution in [-0.4, -0.2) is 10.9 Å². The highest BCUT2D eigenvalue weighted by Gasteiger charge is 2.14. The highest BCUT2D eigenvalue weighted by Crippen LogP contribution is 2.25. The Morgan fingerprint density at radius 1 is 1.08 bits per heavy atom. The quantitative estimate of drug-likeness (QED) is 0.577. The number of hydrogen-bond donors (Lipinski definition) is 1. The molecule has 0 bridgehead atoms. The van der Waals surface area contributed by atoms with Gasteiger partial charge in [0.15, 0.2) is 0 Å².